The smallest absolute Gasteiger partial charge is 0.209 e. The van der Waals surface area contributed by atoms with E-state index in [1.165, 1.54) is 0 Å². The van der Waals surface area contributed by atoms with Gasteiger partial charge in [0.05, 0.1) is 12.8 Å². The van der Waals surface area contributed by atoms with Crippen LogP contribution in [-0.4, -0.2) is 54.6 Å². The molecule has 3 rings (SSSR count). The van der Waals surface area contributed by atoms with Crippen molar-refractivity contribution in [1.82, 2.24) is 14.9 Å². The van der Waals surface area contributed by atoms with Gasteiger partial charge in [0, 0.05) is 32.2 Å². The summed E-state index contributed by atoms with van der Waals surface area (Å²) in [5.74, 6) is 3.06. The average Bonchev–Trinajstić information content (AvgIpc) is 2.61. The van der Waals surface area contributed by atoms with E-state index in [9.17, 15) is 4.79 Å². The normalized spacial score (nSPS) is 14.4. The molecule has 2 heterocycles. The lowest BCUT2D eigenvalue weighted by Gasteiger charge is -2.33. The number of hydrogen-bond donors (Lipinski definition) is 1. The van der Waals surface area contributed by atoms with Crippen molar-refractivity contribution >= 4 is 23.7 Å². The summed E-state index contributed by atoms with van der Waals surface area (Å²) in [4.78, 5) is 23.9. The molecule has 0 radical (unpaired) electrons. The van der Waals surface area contributed by atoms with Gasteiger partial charge in [-0.15, -0.1) is 0 Å². The Balaban J connectivity index is 1.83. The van der Waals surface area contributed by atoms with Crippen LogP contribution in [0.25, 0.3) is 0 Å². The van der Waals surface area contributed by atoms with Gasteiger partial charge in [-0.1, -0.05) is 6.07 Å². The van der Waals surface area contributed by atoms with Gasteiger partial charge >= 0.3 is 0 Å². The fourth-order valence-corrected chi connectivity index (χ4v) is 2.89. The quantitative estimate of drug-likeness (QED) is 0.840. The maximum absolute atomic E-state index is 10.9. The number of carbonyl (C=O) groups excluding carboxylic acids is 1. The Labute approximate surface area is 147 Å². The molecular formula is C18H23N5O2. The van der Waals surface area contributed by atoms with Crippen LogP contribution < -0.4 is 15.0 Å². The Morgan fingerprint density at radius 3 is 2.56 bits per heavy atom. The van der Waals surface area contributed by atoms with Crippen molar-refractivity contribution in [1.29, 1.82) is 0 Å². The van der Waals surface area contributed by atoms with E-state index in [0.29, 0.717) is 18.9 Å². The van der Waals surface area contributed by atoms with Gasteiger partial charge in [-0.2, -0.15) is 0 Å². The molecule has 7 nitrogen and oxygen atoms in total. The monoisotopic (exact) mass is 341 g/mol. The number of aromatic nitrogens is 2. The van der Waals surface area contributed by atoms with Crippen LogP contribution in [0.15, 0.2) is 24.3 Å². The molecule has 1 saturated heterocycles. The molecule has 1 N–H and O–H groups in total. The lowest BCUT2D eigenvalue weighted by molar-refractivity contribution is -0.118. The molecule has 0 bridgehead atoms. The SMILES string of the molecule is COc1ccc(C)cc1Nc1cc(N2CCN(C=O)CC2)nc(C)n1. The van der Waals surface area contributed by atoms with Crippen LogP contribution in [0.5, 0.6) is 5.75 Å². The standard InChI is InChI=1S/C18H23N5O2/c1-13-4-5-16(25-3)15(10-13)21-17-11-18(20-14(2)19-17)23-8-6-22(12-24)7-9-23/h4-5,10-12H,6-9H2,1-3H3,(H,19,20,21). The van der Waals surface area contributed by atoms with Gasteiger partial charge in [0.25, 0.3) is 0 Å². The number of nitrogens with one attached hydrogen (secondary N) is 1. The number of carbonyl (C=O) groups is 1. The zero-order valence-corrected chi connectivity index (χ0v) is 14.8. The van der Waals surface area contributed by atoms with E-state index < -0.39 is 0 Å². The van der Waals surface area contributed by atoms with E-state index in [1.54, 1.807) is 12.0 Å². The lowest BCUT2D eigenvalue weighted by atomic mass is 10.2. The maximum atomic E-state index is 10.9. The summed E-state index contributed by atoms with van der Waals surface area (Å²) in [7, 11) is 1.65. The van der Waals surface area contributed by atoms with Crippen molar-refractivity contribution in [2.45, 2.75) is 13.8 Å². The van der Waals surface area contributed by atoms with Crippen LogP contribution >= 0.6 is 0 Å². The molecule has 1 aliphatic heterocycles. The number of benzene rings is 1. The zero-order valence-electron chi connectivity index (χ0n) is 14.8. The maximum Gasteiger partial charge on any atom is 0.209 e. The minimum Gasteiger partial charge on any atom is -0.495 e. The number of aryl methyl sites for hydroxylation is 2. The Morgan fingerprint density at radius 1 is 1.12 bits per heavy atom. The highest BCUT2D eigenvalue weighted by Gasteiger charge is 2.18. The Bertz CT molecular complexity index is 757. The molecule has 0 saturated carbocycles. The number of nitrogens with zero attached hydrogens (tertiary/aromatic N) is 4. The number of hydrogen-bond acceptors (Lipinski definition) is 6. The van der Waals surface area contributed by atoms with Gasteiger partial charge in [0.1, 0.15) is 23.2 Å². The molecule has 25 heavy (non-hydrogen) atoms. The van der Waals surface area contributed by atoms with E-state index in [2.05, 4.69) is 20.2 Å². The zero-order chi connectivity index (χ0) is 17.8. The fourth-order valence-electron chi connectivity index (χ4n) is 2.89. The van der Waals surface area contributed by atoms with Crippen LogP contribution in [0.4, 0.5) is 17.3 Å². The second-order valence-electron chi connectivity index (χ2n) is 6.12. The topological polar surface area (TPSA) is 70.6 Å². The van der Waals surface area contributed by atoms with Crippen LogP contribution in [0.3, 0.4) is 0 Å². The first-order chi connectivity index (χ1) is 12.1. The van der Waals surface area contributed by atoms with E-state index in [4.69, 9.17) is 4.74 Å². The van der Waals surface area contributed by atoms with Crippen LogP contribution in [-0.2, 0) is 4.79 Å². The van der Waals surface area contributed by atoms with Crippen molar-refractivity contribution in [2.24, 2.45) is 0 Å². The summed E-state index contributed by atoms with van der Waals surface area (Å²) in [6.45, 7) is 6.87. The molecule has 0 spiro atoms. The summed E-state index contributed by atoms with van der Waals surface area (Å²) in [5.41, 5.74) is 2.01. The highest BCUT2D eigenvalue weighted by molar-refractivity contribution is 5.66. The minimum absolute atomic E-state index is 0.699. The second kappa shape index (κ2) is 7.38. The van der Waals surface area contributed by atoms with Gasteiger partial charge in [0.2, 0.25) is 6.41 Å². The second-order valence-corrected chi connectivity index (χ2v) is 6.12. The molecule has 0 aliphatic carbocycles. The van der Waals surface area contributed by atoms with E-state index >= 15 is 0 Å². The summed E-state index contributed by atoms with van der Waals surface area (Å²) in [5, 5.41) is 3.34. The summed E-state index contributed by atoms with van der Waals surface area (Å²) in [6.07, 6.45) is 0.902. The largest absolute Gasteiger partial charge is 0.495 e. The highest BCUT2D eigenvalue weighted by atomic mass is 16.5. The first-order valence-corrected chi connectivity index (χ1v) is 8.30. The molecule has 0 unspecified atom stereocenters. The molecule has 132 valence electrons. The average molecular weight is 341 g/mol. The number of rotatable bonds is 5. The van der Waals surface area contributed by atoms with Gasteiger partial charge in [-0.25, -0.2) is 9.97 Å². The van der Waals surface area contributed by atoms with Gasteiger partial charge in [0.15, 0.2) is 0 Å². The summed E-state index contributed by atoms with van der Waals surface area (Å²) in [6, 6.07) is 7.91. The van der Waals surface area contributed by atoms with E-state index in [1.807, 2.05) is 38.1 Å². The molecule has 1 aromatic carbocycles. The van der Waals surface area contributed by atoms with Crippen molar-refractivity contribution in [3.63, 3.8) is 0 Å². The molecule has 1 aromatic heterocycles. The van der Waals surface area contributed by atoms with Crippen LogP contribution in [0.2, 0.25) is 0 Å². The van der Waals surface area contributed by atoms with Gasteiger partial charge in [-0.05, 0) is 31.5 Å². The van der Waals surface area contributed by atoms with E-state index in [0.717, 1.165) is 48.1 Å². The van der Waals surface area contributed by atoms with Crippen LogP contribution in [0.1, 0.15) is 11.4 Å². The number of anilines is 3. The predicted molar refractivity (Wildman–Crippen MR) is 97.6 cm³/mol. The number of ether oxygens (including phenoxy) is 1. The van der Waals surface area contributed by atoms with Crippen molar-refractivity contribution in [2.75, 3.05) is 43.5 Å². The third-order valence-electron chi connectivity index (χ3n) is 4.23. The Morgan fingerprint density at radius 2 is 1.88 bits per heavy atom. The molecular weight excluding hydrogens is 318 g/mol. The first-order valence-electron chi connectivity index (χ1n) is 8.30. The van der Waals surface area contributed by atoms with Crippen LogP contribution in [0, 0.1) is 13.8 Å². The van der Waals surface area contributed by atoms with Gasteiger partial charge in [-0.3, -0.25) is 4.79 Å². The summed E-state index contributed by atoms with van der Waals surface area (Å²) < 4.78 is 5.42. The van der Waals surface area contributed by atoms with Crippen molar-refractivity contribution < 1.29 is 9.53 Å². The van der Waals surface area contributed by atoms with Crippen molar-refractivity contribution in [3.8, 4) is 5.75 Å². The van der Waals surface area contributed by atoms with E-state index in [-0.39, 0.29) is 0 Å². The number of piperazine rings is 1. The fraction of sp³-hybridized carbons (Fsp3) is 0.389. The third-order valence-corrected chi connectivity index (χ3v) is 4.23. The molecule has 7 heteroatoms. The highest BCUT2D eigenvalue weighted by Crippen LogP contribution is 2.29. The molecule has 2 aromatic rings. The molecule has 0 atom stereocenters. The first kappa shape index (κ1) is 17.0. The Hall–Kier alpha value is -2.83. The Kier molecular flexibility index (Phi) is 5.02. The van der Waals surface area contributed by atoms with Crippen molar-refractivity contribution in [3.05, 3.63) is 35.7 Å². The lowest BCUT2D eigenvalue weighted by Crippen LogP contribution is -2.46. The molecule has 1 amide bonds. The minimum atomic E-state index is 0.699. The predicted octanol–water partition coefficient (Wildman–Crippen LogP) is 2.12. The molecule has 1 fully saturated rings. The molecule has 1 aliphatic rings. The third kappa shape index (κ3) is 3.99. The van der Waals surface area contributed by atoms with Gasteiger partial charge < -0.3 is 19.9 Å². The number of amides is 1. The number of methoxy groups -OCH3 is 1. The summed E-state index contributed by atoms with van der Waals surface area (Å²) >= 11 is 0.